The molecule has 1 aliphatic rings. The fraction of sp³-hybridized carbons (Fsp3) is 0.333. The van der Waals surface area contributed by atoms with Gasteiger partial charge in [0.1, 0.15) is 0 Å². The van der Waals surface area contributed by atoms with Gasteiger partial charge in [-0.2, -0.15) is 0 Å². The van der Waals surface area contributed by atoms with E-state index < -0.39 is 5.60 Å². The summed E-state index contributed by atoms with van der Waals surface area (Å²) in [5.74, 6) is 0.134. The average Bonchev–Trinajstić information content (AvgIpc) is 2.92. The highest BCUT2D eigenvalue weighted by Crippen LogP contribution is 2.32. The number of β-amino-alcohol motifs (C(OH)–C–C–N with tert-alkyl or cyclic N) is 1. The van der Waals surface area contributed by atoms with E-state index in [0.29, 0.717) is 40.9 Å². The van der Waals surface area contributed by atoms with Crippen LogP contribution < -0.4 is 0 Å². The van der Waals surface area contributed by atoms with Gasteiger partial charge >= 0.3 is 0 Å². The molecule has 1 N–H and O–H groups in total. The van der Waals surface area contributed by atoms with E-state index in [4.69, 9.17) is 27.7 Å². The first kappa shape index (κ1) is 15.3. The van der Waals surface area contributed by atoms with E-state index in [-0.39, 0.29) is 11.6 Å². The Morgan fingerprint density at radius 3 is 2.77 bits per heavy atom. The van der Waals surface area contributed by atoms with E-state index in [0.717, 1.165) is 0 Å². The zero-order chi connectivity index (χ0) is 15.9. The Labute approximate surface area is 137 Å². The van der Waals surface area contributed by atoms with Gasteiger partial charge in [-0.3, -0.25) is 4.79 Å². The maximum atomic E-state index is 12.3. The molecular formula is C15H14Cl2N2O3. The van der Waals surface area contributed by atoms with Gasteiger partial charge in [-0.25, -0.2) is 0 Å². The maximum absolute atomic E-state index is 12.3. The third-order valence-corrected chi connectivity index (χ3v) is 4.39. The lowest BCUT2D eigenvalue weighted by Crippen LogP contribution is -2.63. The molecule has 0 unspecified atom stereocenters. The summed E-state index contributed by atoms with van der Waals surface area (Å²) < 4.78 is 5.20. The minimum atomic E-state index is -0.776. The largest absolute Gasteiger partial charge is 0.386 e. The van der Waals surface area contributed by atoms with Crippen LogP contribution in [0.25, 0.3) is 11.3 Å². The molecule has 2 heterocycles. The van der Waals surface area contributed by atoms with Crippen molar-refractivity contribution in [3.05, 3.63) is 40.0 Å². The van der Waals surface area contributed by atoms with E-state index in [1.165, 1.54) is 4.90 Å². The number of halogens is 2. The predicted octanol–water partition coefficient (Wildman–Crippen LogP) is 3.25. The Balaban J connectivity index is 1.78. The molecule has 0 atom stereocenters. The van der Waals surface area contributed by atoms with Crippen molar-refractivity contribution < 1.29 is 14.4 Å². The molecule has 1 amide bonds. The second kappa shape index (κ2) is 5.57. The molecule has 0 saturated carbocycles. The Kier molecular flexibility index (Phi) is 3.89. The summed E-state index contributed by atoms with van der Waals surface area (Å²) >= 11 is 12.0. The Hall–Kier alpha value is -1.56. The van der Waals surface area contributed by atoms with E-state index in [1.54, 1.807) is 24.3 Å². The van der Waals surface area contributed by atoms with Gasteiger partial charge in [-0.1, -0.05) is 35.3 Å². The summed E-state index contributed by atoms with van der Waals surface area (Å²) in [6.07, 6.45) is 0.612. The van der Waals surface area contributed by atoms with Crippen molar-refractivity contribution in [1.82, 2.24) is 10.1 Å². The lowest BCUT2D eigenvalue weighted by molar-refractivity contribution is -0.0829. The number of aromatic nitrogens is 1. The van der Waals surface area contributed by atoms with Crippen LogP contribution in [0.1, 0.15) is 23.8 Å². The normalized spacial score (nSPS) is 16.5. The summed E-state index contributed by atoms with van der Waals surface area (Å²) in [6, 6.07) is 6.53. The lowest BCUT2D eigenvalue weighted by Gasteiger charge is -2.45. The average molecular weight is 341 g/mol. The third-order valence-electron chi connectivity index (χ3n) is 3.84. The first-order valence-electron chi connectivity index (χ1n) is 6.86. The van der Waals surface area contributed by atoms with Gasteiger partial charge in [0.2, 0.25) is 0 Å². The van der Waals surface area contributed by atoms with Crippen LogP contribution in [0.2, 0.25) is 10.0 Å². The van der Waals surface area contributed by atoms with Crippen molar-refractivity contribution in [3.63, 3.8) is 0 Å². The predicted molar refractivity (Wildman–Crippen MR) is 83.1 cm³/mol. The zero-order valence-corrected chi connectivity index (χ0v) is 13.4. The molecule has 116 valence electrons. The van der Waals surface area contributed by atoms with Gasteiger partial charge in [0.15, 0.2) is 11.5 Å². The van der Waals surface area contributed by atoms with E-state index in [1.807, 2.05) is 6.92 Å². The minimum absolute atomic E-state index is 0.194. The van der Waals surface area contributed by atoms with Crippen LogP contribution >= 0.6 is 23.2 Å². The molecular weight excluding hydrogens is 327 g/mol. The molecule has 1 fully saturated rings. The third kappa shape index (κ3) is 2.72. The minimum Gasteiger partial charge on any atom is -0.386 e. The molecule has 1 aliphatic heterocycles. The van der Waals surface area contributed by atoms with Gasteiger partial charge in [0.25, 0.3) is 5.91 Å². The van der Waals surface area contributed by atoms with Crippen LogP contribution in [0.3, 0.4) is 0 Å². The number of benzene rings is 1. The van der Waals surface area contributed by atoms with E-state index >= 15 is 0 Å². The van der Waals surface area contributed by atoms with E-state index in [9.17, 15) is 9.90 Å². The number of hydrogen-bond donors (Lipinski definition) is 1. The quantitative estimate of drug-likeness (QED) is 0.931. The molecule has 2 aromatic rings. The fourth-order valence-electron chi connectivity index (χ4n) is 2.39. The summed E-state index contributed by atoms with van der Waals surface area (Å²) in [7, 11) is 0. The number of carbonyl (C=O) groups excluding carboxylic acids is 1. The van der Waals surface area contributed by atoms with Crippen molar-refractivity contribution >= 4 is 29.1 Å². The first-order chi connectivity index (χ1) is 10.4. The molecule has 5 nitrogen and oxygen atoms in total. The highest BCUT2D eigenvalue weighted by atomic mass is 35.5. The van der Waals surface area contributed by atoms with Crippen LogP contribution in [0.5, 0.6) is 0 Å². The maximum Gasteiger partial charge on any atom is 0.276 e. The SMILES string of the molecule is CCC1(O)CN(C(=O)c2cc(-c3ccc(Cl)cc3Cl)on2)C1. The second-order valence-electron chi connectivity index (χ2n) is 5.44. The Morgan fingerprint density at radius 1 is 1.41 bits per heavy atom. The fourth-order valence-corrected chi connectivity index (χ4v) is 2.89. The molecule has 0 spiro atoms. The van der Waals surface area contributed by atoms with Gasteiger partial charge < -0.3 is 14.5 Å². The molecule has 7 heteroatoms. The highest BCUT2D eigenvalue weighted by molar-refractivity contribution is 6.36. The van der Waals surface area contributed by atoms with E-state index in [2.05, 4.69) is 5.16 Å². The molecule has 0 aliphatic carbocycles. The number of hydrogen-bond acceptors (Lipinski definition) is 4. The molecule has 22 heavy (non-hydrogen) atoms. The van der Waals surface area contributed by atoms with Crippen molar-refractivity contribution in [1.29, 1.82) is 0 Å². The summed E-state index contributed by atoms with van der Waals surface area (Å²) in [4.78, 5) is 13.8. The van der Waals surface area contributed by atoms with Gasteiger partial charge in [-0.05, 0) is 24.6 Å². The number of rotatable bonds is 3. The standard InChI is InChI=1S/C15H14Cl2N2O3/c1-2-15(21)7-19(8-15)14(20)12-6-13(22-18-12)10-4-3-9(16)5-11(10)17/h3-6,21H,2,7-8H2,1H3. The second-order valence-corrected chi connectivity index (χ2v) is 6.28. The van der Waals surface area contributed by atoms with Crippen molar-refractivity contribution in [2.24, 2.45) is 0 Å². The van der Waals surface area contributed by atoms with Gasteiger partial charge in [0.05, 0.1) is 23.7 Å². The zero-order valence-electron chi connectivity index (χ0n) is 11.8. The monoisotopic (exact) mass is 340 g/mol. The van der Waals surface area contributed by atoms with Crippen molar-refractivity contribution in [3.8, 4) is 11.3 Å². The van der Waals surface area contributed by atoms with Crippen molar-refractivity contribution in [2.45, 2.75) is 18.9 Å². The Bertz CT molecular complexity index is 723. The van der Waals surface area contributed by atoms with Crippen LogP contribution in [0.15, 0.2) is 28.8 Å². The van der Waals surface area contributed by atoms with Crippen LogP contribution in [-0.2, 0) is 0 Å². The molecule has 1 aromatic carbocycles. The van der Waals surface area contributed by atoms with Crippen LogP contribution in [-0.4, -0.2) is 39.8 Å². The molecule has 1 aromatic heterocycles. The molecule has 0 radical (unpaired) electrons. The van der Waals surface area contributed by atoms with Gasteiger partial charge in [0, 0.05) is 16.7 Å². The number of nitrogens with zero attached hydrogens (tertiary/aromatic N) is 2. The number of aliphatic hydroxyl groups is 1. The van der Waals surface area contributed by atoms with Crippen LogP contribution in [0, 0.1) is 0 Å². The summed E-state index contributed by atoms with van der Waals surface area (Å²) in [5.41, 5.74) is 0.0345. The Morgan fingerprint density at radius 2 is 2.14 bits per heavy atom. The number of carbonyl (C=O) groups is 1. The van der Waals surface area contributed by atoms with Crippen LogP contribution in [0.4, 0.5) is 0 Å². The topological polar surface area (TPSA) is 66.6 Å². The summed E-state index contributed by atoms with van der Waals surface area (Å²) in [6.45, 7) is 2.51. The lowest BCUT2D eigenvalue weighted by atomic mass is 9.91. The first-order valence-corrected chi connectivity index (χ1v) is 7.61. The number of amides is 1. The smallest absolute Gasteiger partial charge is 0.276 e. The molecule has 1 saturated heterocycles. The van der Waals surface area contributed by atoms with Gasteiger partial charge in [-0.15, -0.1) is 0 Å². The van der Waals surface area contributed by atoms with Crippen molar-refractivity contribution in [2.75, 3.05) is 13.1 Å². The summed E-state index contributed by atoms with van der Waals surface area (Å²) in [5, 5.41) is 14.7. The highest BCUT2D eigenvalue weighted by Gasteiger charge is 2.42. The number of likely N-dealkylation sites (tertiary alicyclic amines) is 1. The molecule has 0 bridgehead atoms. The molecule has 3 rings (SSSR count).